The van der Waals surface area contributed by atoms with E-state index >= 15 is 0 Å². The number of hydrogen-bond acceptors (Lipinski definition) is 3. The van der Waals surface area contributed by atoms with Crippen LogP contribution in [-0.2, 0) is 6.42 Å². The van der Waals surface area contributed by atoms with Gasteiger partial charge in [-0.2, -0.15) is 5.10 Å². The number of rotatable bonds is 2. The number of furan rings is 1. The number of hydrogen-bond donors (Lipinski definition) is 2. The summed E-state index contributed by atoms with van der Waals surface area (Å²) in [6.07, 6.45) is 3.36. The number of guanidine groups is 1. The van der Waals surface area contributed by atoms with Gasteiger partial charge in [0, 0.05) is 12.0 Å². The third-order valence-electron chi connectivity index (χ3n) is 3.84. The van der Waals surface area contributed by atoms with Crippen molar-refractivity contribution in [1.29, 1.82) is 0 Å². The molecule has 6 heteroatoms. The Morgan fingerprint density at radius 1 is 1.18 bits per heavy atom. The fraction of sp³-hybridized carbons (Fsp3) is 0.250. The van der Waals surface area contributed by atoms with Crippen LogP contribution in [0.15, 0.2) is 51.2 Å². The molecule has 0 amide bonds. The summed E-state index contributed by atoms with van der Waals surface area (Å²) in [5, 5.41) is 7.99. The van der Waals surface area contributed by atoms with E-state index in [0.29, 0.717) is 5.92 Å². The van der Waals surface area contributed by atoms with E-state index in [2.05, 4.69) is 35.3 Å². The average molecular weight is 319 g/mol. The Kier molecular flexibility index (Phi) is 4.88. The van der Waals surface area contributed by atoms with Gasteiger partial charge in [0.15, 0.2) is 0 Å². The Morgan fingerprint density at radius 2 is 1.95 bits per heavy atom. The van der Waals surface area contributed by atoms with Crippen LogP contribution in [0, 0.1) is 6.92 Å². The van der Waals surface area contributed by atoms with Gasteiger partial charge in [0.2, 0.25) is 5.96 Å². The van der Waals surface area contributed by atoms with Crippen LogP contribution < -0.4 is 11.5 Å². The number of nitrogens with zero attached hydrogens (tertiary/aromatic N) is 2. The fourth-order valence-corrected chi connectivity index (χ4v) is 2.87. The summed E-state index contributed by atoms with van der Waals surface area (Å²) < 4.78 is 5.59. The van der Waals surface area contributed by atoms with Crippen molar-refractivity contribution >= 4 is 24.1 Å². The van der Waals surface area contributed by atoms with Crippen LogP contribution in [0.2, 0.25) is 0 Å². The van der Waals surface area contributed by atoms with E-state index in [1.807, 2.05) is 12.1 Å². The SMILES string of the molecule is Cc1ccccc1C1CC(=NN=C(N)N)c2ccoc2C1.Cl. The van der Waals surface area contributed by atoms with E-state index in [0.717, 1.165) is 29.9 Å². The summed E-state index contributed by atoms with van der Waals surface area (Å²) in [6, 6.07) is 10.3. The van der Waals surface area contributed by atoms with Crippen molar-refractivity contribution in [3.8, 4) is 0 Å². The van der Waals surface area contributed by atoms with Gasteiger partial charge >= 0.3 is 0 Å². The first-order valence-corrected chi connectivity index (χ1v) is 6.93. The second kappa shape index (κ2) is 6.66. The monoisotopic (exact) mass is 318 g/mol. The van der Waals surface area contributed by atoms with Crippen molar-refractivity contribution in [1.82, 2.24) is 0 Å². The van der Waals surface area contributed by atoms with E-state index < -0.39 is 0 Å². The number of nitrogens with two attached hydrogens (primary N) is 2. The van der Waals surface area contributed by atoms with Crippen LogP contribution in [0.1, 0.15) is 34.8 Å². The number of aryl methyl sites for hydroxylation is 1. The highest BCUT2D eigenvalue weighted by molar-refractivity contribution is 6.03. The molecule has 4 N–H and O–H groups in total. The molecule has 1 aromatic heterocycles. The molecule has 2 aromatic rings. The normalized spacial score (nSPS) is 18.4. The number of benzene rings is 1. The summed E-state index contributed by atoms with van der Waals surface area (Å²) in [5.41, 5.74) is 15.2. The molecule has 1 heterocycles. The van der Waals surface area contributed by atoms with Crippen molar-refractivity contribution in [2.75, 3.05) is 0 Å². The maximum Gasteiger partial charge on any atom is 0.211 e. The first-order valence-electron chi connectivity index (χ1n) is 6.93. The van der Waals surface area contributed by atoms with E-state index in [9.17, 15) is 0 Å². The molecule has 22 heavy (non-hydrogen) atoms. The molecule has 1 aromatic carbocycles. The highest BCUT2D eigenvalue weighted by atomic mass is 35.5. The van der Waals surface area contributed by atoms with Crippen molar-refractivity contribution in [2.24, 2.45) is 21.7 Å². The zero-order valence-electron chi connectivity index (χ0n) is 12.3. The first kappa shape index (κ1) is 16.1. The van der Waals surface area contributed by atoms with Crippen molar-refractivity contribution in [3.63, 3.8) is 0 Å². The van der Waals surface area contributed by atoms with E-state index in [-0.39, 0.29) is 18.4 Å². The molecule has 1 aliphatic rings. The van der Waals surface area contributed by atoms with E-state index in [4.69, 9.17) is 15.9 Å². The van der Waals surface area contributed by atoms with Gasteiger partial charge in [-0.15, -0.1) is 17.5 Å². The second-order valence-corrected chi connectivity index (χ2v) is 5.29. The Morgan fingerprint density at radius 3 is 2.68 bits per heavy atom. The Bertz CT molecular complexity index is 716. The van der Waals surface area contributed by atoms with Gasteiger partial charge in [0.25, 0.3) is 0 Å². The second-order valence-electron chi connectivity index (χ2n) is 5.29. The summed E-state index contributed by atoms with van der Waals surface area (Å²) in [6.45, 7) is 2.12. The smallest absolute Gasteiger partial charge is 0.211 e. The molecular formula is C16H19ClN4O. The molecular weight excluding hydrogens is 300 g/mol. The van der Waals surface area contributed by atoms with E-state index in [1.54, 1.807) is 6.26 Å². The highest BCUT2D eigenvalue weighted by Crippen LogP contribution is 2.35. The van der Waals surface area contributed by atoms with Gasteiger partial charge in [-0.25, -0.2) is 0 Å². The lowest BCUT2D eigenvalue weighted by Crippen LogP contribution is -2.23. The number of fused-ring (bicyclic) bond motifs is 1. The van der Waals surface area contributed by atoms with E-state index in [1.165, 1.54) is 11.1 Å². The van der Waals surface area contributed by atoms with Crippen LogP contribution in [0.4, 0.5) is 0 Å². The van der Waals surface area contributed by atoms with Crippen LogP contribution in [0.3, 0.4) is 0 Å². The van der Waals surface area contributed by atoms with Gasteiger partial charge in [0.05, 0.1) is 12.0 Å². The molecule has 1 aliphatic carbocycles. The molecule has 116 valence electrons. The number of halogens is 1. The fourth-order valence-electron chi connectivity index (χ4n) is 2.87. The molecule has 0 spiro atoms. The molecule has 0 saturated heterocycles. The summed E-state index contributed by atoms with van der Waals surface area (Å²) in [5.74, 6) is 1.24. The highest BCUT2D eigenvalue weighted by Gasteiger charge is 2.28. The van der Waals surface area contributed by atoms with Gasteiger partial charge < -0.3 is 15.9 Å². The first-order chi connectivity index (χ1) is 10.1. The topological polar surface area (TPSA) is 89.9 Å². The van der Waals surface area contributed by atoms with Crippen LogP contribution in [0.5, 0.6) is 0 Å². The molecule has 0 bridgehead atoms. The molecule has 1 atom stereocenters. The maximum absolute atomic E-state index is 5.59. The van der Waals surface area contributed by atoms with Gasteiger partial charge in [-0.1, -0.05) is 24.3 Å². The minimum atomic E-state index is -0.0365. The lowest BCUT2D eigenvalue weighted by molar-refractivity contribution is 0.480. The maximum atomic E-state index is 5.59. The molecule has 0 radical (unpaired) electrons. The minimum absolute atomic E-state index is 0. The van der Waals surface area contributed by atoms with Gasteiger partial charge in [-0.05, 0) is 36.5 Å². The lowest BCUT2D eigenvalue weighted by Gasteiger charge is -2.24. The molecule has 1 unspecified atom stereocenters. The predicted molar refractivity (Wildman–Crippen MR) is 90.5 cm³/mol. The third-order valence-corrected chi connectivity index (χ3v) is 3.84. The van der Waals surface area contributed by atoms with Crippen molar-refractivity contribution in [3.05, 3.63) is 59.0 Å². The average Bonchev–Trinajstić information content (AvgIpc) is 2.93. The molecule has 0 aliphatic heterocycles. The summed E-state index contributed by atoms with van der Waals surface area (Å²) in [7, 11) is 0. The summed E-state index contributed by atoms with van der Waals surface area (Å²) in [4.78, 5) is 0. The lowest BCUT2D eigenvalue weighted by atomic mass is 9.81. The molecule has 3 rings (SSSR count). The van der Waals surface area contributed by atoms with Gasteiger partial charge in [0.1, 0.15) is 5.76 Å². The van der Waals surface area contributed by atoms with Crippen LogP contribution in [0.25, 0.3) is 0 Å². The molecule has 5 nitrogen and oxygen atoms in total. The van der Waals surface area contributed by atoms with Crippen LogP contribution in [-0.4, -0.2) is 11.7 Å². The largest absolute Gasteiger partial charge is 0.469 e. The minimum Gasteiger partial charge on any atom is -0.469 e. The zero-order chi connectivity index (χ0) is 14.8. The van der Waals surface area contributed by atoms with Crippen LogP contribution >= 0.6 is 12.4 Å². The zero-order valence-corrected chi connectivity index (χ0v) is 13.1. The van der Waals surface area contributed by atoms with Crippen molar-refractivity contribution in [2.45, 2.75) is 25.7 Å². The Balaban J connectivity index is 0.00000176. The molecule has 0 saturated carbocycles. The molecule has 0 fully saturated rings. The third kappa shape index (κ3) is 3.14. The predicted octanol–water partition coefficient (Wildman–Crippen LogP) is 2.72. The quantitative estimate of drug-likeness (QED) is 0.507. The standard InChI is InChI=1S/C16H18N4O.ClH/c1-10-4-2-3-5-12(10)11-8-14(19-20-16(17)18)13-6-7-21-15(13)9-11;/h2-7,11H,8-9H2,1H3,(H4,17,18,20);1H. The van der Waals surface area contributed by atoms with Gasteiger partial charge in [-0.3, -0.25) is 0 Å². The Hall–Kier alpha value is -2.27. The van der Waals surface area contributed by atoms with Crippen molar-refractivity contribution < 1.29 is 4.42 Å². The summed E-state index contributed by atoms with van der Waals surface area (Å²) >= 11 is 0. The Labute approximate surface area is 135 Å².